The van der Waals surface area contributed by atoms with Crippen LogP contribution in [0.25, 0.3) is 0 Å². The van der Waals surface area contributed by atoms with Crippen molar-refractivity contribution in [3.05, 3.63) is 23.8 Å². The Labute approximate surface area is 136 Å². The van der Waals surface area contributed by atoms with Crippen molar-refractivity contribution < 1.29 is 9.53 Å². The summed E-state index contributed by atoms with van der Waals surface area (Å²) in [5.41, 5.74) is 3.14. The van der Waals surface area contributed by atoms with Crippen molar-refractivity contribution in [1.82, 2.24) is 0 Å². The van der Waals surface area contributed by atoms with E-state index in [1.165, 1.54) is 32.1 Å². The molecular weight excluding hydrogens is 272 g/mol. The van der Waals surface area contributed by atoms with Gasteiger partial charge in [0.25, 0.3) is 0 Å². The van der Waals surface area contributed by atoms with Crippen molar-refractivity contribution >= 4 is 5.97 Å². The summed E-state index contributed by atoms with van der Waals surface area (Å²) in [6.45, 7) is 13.3. The molecule has 1 saturated carbocycles. The van der Waals surface area contributed by atoms with Gasteiger partial charge in [-0.25, -0.2) is 0 Å². The molecule has 2 heteroatoms. The number of hydrogen-bond acceptors (Lipinski definition) is 2. The molecule has 2 aliphatic rings. The van der Waals surface area contributed by atoms with Crippen LogP contribution in [-0.4, -0.2) is 12.6 Å². The molecule has 2 aliphatic carbocycles. The molecule has 0 N–H and O–H groups in total. The number of fused-ring (bicyclic) bond motifs is 1. The predicted octanol–water partition coefficient (Wildman–Crippen LogP) is 5.29. The van der Waals surface area contributed by atoms with Gasteiger partial charge in [0, 0.05) is 0 Å². The van der Waals surface area contributed by atoms with Crippen LogP contribution < -0.4 is 0 Å². The van der Waals surface area contributed by atoms with E-state index in [1.54, 1.807) is 5.57 Å². The Balaban J connectivity index is 1.91. The van der Waals surface area contributed by atoms with Gasteiger partial charge in [0.1, 0.15) is 6.61 Å². The maximum Gasteiger partial charge on any atom is 0.308 e. The fourth-order valence-electron chi connectivity index (χ4n) is 4.13. The van der Waals surface area contributed by atoms with E-state index >= 15 is 0 Å². The lowest BCUT2D eigenvalue weighted by Gasteiger charge is -2.48. The first-order chi connectivity index (χ1) is 10.4. The van der Waals surface area contributed by atoms with Crippen molar-refractivity contribution in [2.24, 2.45) is 23.2 Å². The van der Waals surface area contributed by atoms with Gasteiger partial charge in [0.05, 0.1) is 5.92 Å². The summed E-state index contributed by atoms with van der Waals surface area (Å²) in [5, 5.41) is 0. The van der Waals surface area contributed by atoms with E-state index in [0.29, 0.717) is 23.9 Å². The van der Waals surface area contributed by atoms with Gasteiger partial charge in [-0.05, 0) is 68.3 Å². The molecule has 0 heterocycles. The van der Waals surface area contributed by atoms with E-state index in [0.717, 1.165) is 12.0 Å². The minimum Gasteiger partial charge on any atom is -0.461 e. The van der Waals surface area contributed by atoms with E-state index in [1.807, 2.05) is 13.8 Å². The third kappa shape index (κ3) is 3.64. The summed E-state index contributed by atoms with van der Waals surface area (Å²) in [5.74, 6) is 1.09. The molecule has 0 amide bonds. The molecule has 4 atom stereocenters. The lowest BCUT2D eigenvalue weighted by Crippen LogP contribution is -2.37. The van der Waals surface area contributed by atoms with Crippen LogP contribution in [0.15, 0.2) is 23.8 Å². The van der Waals surface area contributed by atoms with Gasteiger partial charge in [-0.3, -0.25) is 4.79 Å². The number of ether oxygens (including phenoxy) is 1. The summed E-state index contributed by atoms with van der Waals surface area (Å²) >= 11 is 0. The van der Waals surface area contributed by atoms with Crippen LogP contribution in [0.4, 0.5) is 0 Å². The van der Waals surface area contributed by atoms with Crippen molar-refractivity contribution in [3.8, 4) is 0 Å². The molecule has 0 radical (unpaired) electrons. The SMILES string of the molecule is C=C(COC(=O)[C@H](C)CC)[C@@H]1CC[C@@]2(C)CCC=C(C)[C@@H]2C1. The van der Waals surface area contributed by atoms with Crippen LogP contribution >= 0.6 is 0 Å². The van der Waals surface area contributed by atoms with Gasteiger partial charge in [0.15, 0.2) is 0 Å². The molecule has 0 bridgehead atoms. The summed E-state index contributed by atoms with van der Waals surface area (Å²) in [7, 11) is 0. The zero-order chi connectivity index (χ0) is 16.3. The third-order valence-electron chi connectivity index (χ3n) is 6.15. The molecule has 0 aromatic heterocycles. The summed E-state index contributed by atoms with van der Waals surface area (Å²) in [6.07, 6.45) is 9.44. The number of carbonyl (C=O) groups excluding carboxylic acids is 1. The number of allylic oxidation sites excluding steroid dienone is 2. The fourth-order valence-corrected chi connectivity index (χ4v) is 4.13. The standard InChI is InChI=1S/C20H32O2/c1-6-14(2)19(21)22-13-16(4)17-9-11-20(5)10-7-8-15(3)18(20)12-17/h8,14,17-18H,4,6-7,9-13H2,1-3,5H3/t14-,17-,18+,20-/m1/s1. The normalized spacial score (nSPS) is 32.6. The Hall–Kier alpha value is -1.05. The van der Waals surface area contributed by atoms with Crippen LogP contribution in [0.2, 0.25) is 0 Å². The maximum absolute atomic E-state index is 11.8. The average molecular weight is 304 g/mol. The fraction of sp³-hybridized carbons (Fsp3) is 0.750. The highest BCUT2D eigenvalue weighted by atomic mass is 16.5. The maximum atomic E-state index is 11.8. The minimum absolute atomic E-state index is 0.00836. The molecule has 0 unspecified atom stereocenters. The lowest BCUT2D eigenvalue weighted by molar-refractivity contribution is -0.147. The molecule has 2 rings (SSSR count). The Morgan fingerprint density at radius 3 is 2.91 bits per heavy atom. The van der Waals surface area contributed by atoms with Gasteiger partial charge in [-0.1, -0.05) is 39.0 Å². The Morgan fingerprint density at radius 2 is 2.23 bits per heavy atom. The van der Waals surface area contributed by atoms with E-state index in [4.69, 9.17) is 4.74 Å². The second kappa shape index (κ2) is 7.02. The van der Waals surface area contributed by atoms with E-state index in [9.17, 15) is 4.79 Å². The molecule has 0 aromatic rings. The van der Waals surface area contributed by atoms with Crippen LogP contribution in [0.1, 0.15) is 66.2 Å². The summed E-state index contributed by atoms with van der Waals surface area (Å²) in [4.78, 5) is 11.8. The van der Waals surface area contributed by atoms with Gasteiger partial charge in [0.2, 0.25) is 0 Å². The zero-order valence-electron chi connectivity index (χ0n) is 14.8. The molecule has 0 spiro atoms. The van der Waals surface area contributed by atoms with Gasteiger partial charge in [-0.15, -0.1) is 0 Å². The highest BCUT2D eigenvalue weighted by molar-refractivity contribution is 5.72. The van der Waals surface area contributed by atoms with Crippen LogP contribution in [0.5, 0.6) is 0 Å². The van der Waals surface area contributed by atoms with Gasteiger partial charge < -0.3 is 4.74 Å². The number of carbonyl (C=O) groups is 1. The molecule has 22 heavy (non-hydrogen) atoms. The third-order valence-corrected chi connectivity index (χ3v) is 6.15. The minimum atomic E-state index is -0.0851. The lowest BCUT2D eigenvalue weighted by atomic mass is 9.57. The van der Waals surface area contributed by atoms with Crippen molar-refractivity contribution in [3.63, 3.8) is 0 Å². The molecule has 0 saturated heterocycles. The topological polar surface area (TPSA) is 26.3 Å². The Morgan fingerprint density at radius 1 is 1.50 bits per heavy atom. The zero-order valence-corrected chi connectivity index (χ0v) is 14.8. The quantitative estimate of drug-likeness (QED) is 0.509. The number of hydrogen-bond donors (Lipinski definition) is 0. The molecule has 124 valence electrons. The smallest absolute Gasteiger partial charge is 0.308 e. The van der Waals surface area contributed by atoms with Crippen molar-refractivity contribution in [2.75, 3.05) is 6.61 Å². The monoisotopic (exact) mass is 304 g/mol. The molecule has 0 aromatic carbocycles. The van der Waals surface area contributed by atoms with Crippen LogP contribution in [0.3, 0.4) is 0 Å². The first kappa shape index (κ1) is 17.3. The van der Waals surface area contributed by atoms with E-state index in [2.05, 4.69) is 26.5 Å². The average Bonchev–Trinajstić information content (AvgIpc) is 2.51. The first-order valence-corrected chi connectivity index (χ1v) is 8.88. The van der Waals surface area contributed by atoms with E-state index in [-0.39, 0.29) is 11.9 Å². The van der Waals surface area contributed by atoms with Crippen molar-refractivity contribution in [1.29, 1.82) is 0 Å². The molecule has 2 nitrogen and oxygen atoms in total. The first-order valence-electron chi connectivity index (χ1n) is 8.88. The Kier molecular flexibility index (Phi) is 5.52. The van der Waals surface area contributed by atoms with Gasteiger partial charge in [-0.2, -0.15) is 0 Å². The van der Waals surface area contributed by atoms with Gasteiger partial charge >= 0.3 is 5.97 Å². The second-order valence-corrected chi connectivity index (χ2v) is 7.74. The number of esters is 1. The molecule has 1 fully saturated rings. The number of rotatable bonds is 5. The highest BCUT2D eigenvalue weighted by Crippen LogP contribution is 2.52. The van der Waals surface area contributed by atoms with Crippen molar-refractivity contribution in [2.45, 2.75) is 66.2 Å². The van der Waals surface area contributed by atoms with Crippen LogP contribution in [-0.2, 0) is 9.53 Å². The predicted molar refractivity (Wildman–Crippen MR) is 91.5 cm³/mol. The largest absolute Gasteiger partial charge is 0.461 e. The van der Waals surface area contributed by atoms with Crippen LogP contribution in [0, 0.1) is 23.2 Å². The highest BCUT2D eigenvalue weighted by Gasteiger charge is 2.42. The summed E-state index contributed by atoms with van der Waals surface area (Å²) in [6, 6.07) is 0. The summed E-state index contributed by atoms with van der Waals surface area (Å²) < 4.78 is 5.44. The van der Waals surface area contributed by atoms with E-state index < -0.39 is 0 Å². The Bertz CT molecular complexity index is 462. The molecular formula is C20H32O2. The second-order valence-electron chi connectivity index (χ2n) is 7.74. The molecule has 0 aliphatic heterocycles.